The molecule has 0 fully saturated rings. The Morgan fingerprint density at radius 2 is 1.96 bits per heavy atom. The number of halogens is 2. The molecule has 25 heavy (non-hydrogen) atoms. The van der Waals surface area contributed by atoms with Crippen LogP contribution in [0, 0.1) is 6.92 Å². The summed E-state index contributed by atoms with van der Waals surface area (Å²) in [6.07, 6.45) is 1.32. The van der Waals surface area contributed by atoms with E-state index in [2.05, 4.69) is 14.7 Å². The van der Waals surface area contributed by atoms with E-state index in [9.17, 15) is 8.78 Å². The van der Waals surface area contributed by atoms with Crippen LogP contribution in [0.1, 0.15) is 10.4 Å². The van der Waals surface area contributed by atoms with Crippen molar-refractivity contribution in [2.24, 2.45) is 0 Å². The molecule has 0 aliphatic heterocycles. The van der Waals surface area contributed by atoms with E-state index in [0.29, 0.717) is 12.5 Å². The highest BCUT2D eigenvalue weighted by Gasteiger charge is 2.09. The van der Waals surface area contributed by atoms with E-state index in [-0.39, 0.29) is 17.5 Å². The average molecular weight is 364 g/mol. The van der Waals surface area contributed by atoms with Crippen LogP contribution < -0.4 is 14.2 Å². The third kappa shape index (κ3) is 5.12. The number of aryl methyl sites for hydroxylation is 1. The number of hydrogen-bond acceptors (Lipinski definition) is 6. The van der Waals surface area contributed by atoms with E-state index >= 15 is 0 Å². The predicted octanol–water partition coefficient (Wildman–Crippen LogP) is 4.82. The van der Waals surface area contributed by atoms with E-state index in [4.69, 9.17) is 9.47 Å². The lowest BCUT2D eigenvalue weighted by atomic mass is 10.3. The molecule has 0 radical (unpaired) electrons. The Morgan fingerprint density at radius 1 is 1.12 bits per heavy atom. The molecule has 5 nitrogen and oxygen atoms in total. The number of rotatable bonds is 7. The summed E-state index contributed by atoms with van der Waals surface area (Å²) in [5.41, 5.74) is 0.893. The molecular formula is C17H14F2N2O3S. The van der Waals surface area contributed by atoms with Gasteiger partial charge in [0.15, 0.2) is 0 Å². The van der Waals surface area contributed by atoms with Gasteiger partial charge in [-0.2, -0.15) is 13.8 Å². The SMILES string of the molecule is Cc1cc(OCc2cccs2)nc(Oc2ccnc(OC(F)F)c2)c1. The Hall–Kier alpha value is -2.74. The molecule has 0 spiro atoms. The summed E-state index contributed by atoms with van der Waals surface area (Å²) < 4.78 is 40.0. The molecule has 0 aliphatic carbocycles. The van der Waals surface area contributed by atoms with Crippen LogP contribution in [0.25, 0.3) is 0 Å². The molecule has 3 aromatic heterocycles. The topological polar surface area (TPSA) is 53.5 Å². The Morgan fingerprint density at radius 3 is 2.72 bits per heavy atom. The van der Waals surface area contributed by atoms with Crippen LogP contribution in [-0.2, 0) is 6.61 Å². The van der Waals surface area contributed by atoms with Gasteiger partial charge in [0, 0.05) is 29.3 Å². The zero-order valence-corrected chi connectivity index (χ0v) is 14.0. The van der Waals surface area contributed by atoms with Gasteiger partial charge >= 0.3 is 6.61 Å². The van der Waals surface area contributed by atoms with Crippen LogP contribution in [0.5, 0.6) is 23.4 Å². The third-order valence-corrected chi connectivity index (χ3v) is 3.85. The summed E-state index contributed by atoms with van der Waals surface area (Å²) in [4.78, 5) is 9.04. The van der Waals surface area contributed by atoms with Gasteiger partial charge in [-0.3, -0.25) is 0 Å². The van der Waals surface area contributed by atoms with Crippen LogP contribution in [0.2, 0.25) is 0 Å². The Kier molecular flexibility index (Phi) is 5.39. The maximum atomic E-state index is 12.3. The van der Waals surface area contributed by atoms with Crippen molar-refractivity contribution in [1.29, 1.82) is 0 Å². The van der Waals surface area contributed by atoms with E-state index in [1.807, 2.05) is 24.4 Å². The number of pyridine rings is 2. The van der Waals surface area contributed by atoms with E-state index in [1.165, 1.54) is 18.3 Å². The number of thiophene rings is 1. The van der Waals surface area contributed by atoms with Gasteiger partial charge in [0.1, 0.15) is 12.4 Å². The van der Waals surface area contributed by atoms with Gasteiger partial charge in [0.25, 0.3) is 0 Å². The van der Waals surface area contributed by atoms with Gasteiger partial charge in [-0.05, 0) is 30.0 Å². The Bertz CT molecular complexity index is 829. The largest absolute Gasteiger partial charge is 0.472 e. The average Bonchev–Trinajstić information content (AvgIpc) is 3.05. The number of nitrogens with zero attached hydrogens (tertiary/aromatic N) is 2. The molecule has 3 aromatic rings. The van der Waals surface area contributed by atoms with Crippen molar-refractivity contribution < 1.29 is 23.0 Å². The monoisotopic (exact) mass is 364 g/mol. The second-order valence-corrected chi connectivity index (χ2v) is 6.03. The number of alkyl halides is 2. The van der Waals surface area contributed by atoms with Crippen molar-refractivity contribution in [1.82, 2.24) is 9.97 Å². The lowest BCUT2D eigenvalue weighted by Gasteiger charge is -2.10. The van der Waals surface area contributed by atoms with Gasteiger partial charge in [-0.25, -0.2) is 4.98 Å². The molecule has 0 amide bonds. The summed E-state index contributed by atoms with van der Waals surface area (Å²) in [5.74, 6) is 0.763. The van der Waals surface area contributed by atoms with Crippen molar-refractivity contribution in [2.45, 2.75) is 20.1 Å². The fourth-order valence-corrected chi connectivity index (χ4v) is 2.62. The van der Waals surface area contributed by atoms with Crippen molar-refractivity contribution in [3.63, 3.8) is 0 Å². The van der Waals surface area contributed by atoms with Crippen molar-refractivity contribution in [3.05, 3.63) is 58.4 Å². The maximum Gasteiger partial charge on any atom is 0.388 e. The smallest absolute Gasteiger partial charge is 0.388 e. The second kappa shape index (κ2) is 7.89. The number of hydrogen-bond donors (Lipinski definition) is 0. The number of ether oxygens (including phenoxy) is 3. The van der Waals surface area contributed by atoms with E-state index in [0.717, 1.165) is 10.4 Å². The highest BCUT2D eigenvalue weighted by molar-refractivity contribution is 7.09. The van der Waals surface area contributed by atoms with Crippen molar-refractivity contribution >= 4 is 11.3 Å². The van der Waals surface area contributed by atoms with Gasteiger partial charge in [0.05, 0.1) is 0 Å². The molecule has 0 bridgehead atoms. The molecule has 0 aliphatic rings. The van der Waals surface area contributed by atoms with Crippen molar-refractivity contribution in [2.75, 3.05) is 0 Å². The highest BCUT2D eigenvalue weighted by atomic mass is 32.1. The van der Waals surface area contributed by atoms with Gasteiger partial charge in [-0.1, -0.05) is 6.07 Å². The Labute approximate surface area is 146 Å². The second-order valence-electron chi connectivity index (χ2n) is 5.00. The molecular weight excluding hydrogens is 350 g/mol. The van der Waals surface area contributed by atoms with Crippen molar-refractivity contribution in [3.8, 4) is 23.4 Å². The van der Waals surface area contributed by atoms with Crippen LogP contribution in [-0.4, -0.2) is 16.6 Å². The zero-order chi connectivity index (χ0) is 17.6. The van der Waals surface area contributed by atoms with E-state index < -0.39 is 6.61 Å². The first-order valence-corrected chi connectivity index (χ1v) is 8.19. The van der Waals surface area contributed by atoms with Gasteiger partial charge in [-0.15, -0.1) is 11.3 Å². The van der Waals surface area contributed by atoms with Crippen LogP contribution in [0.4, 0.5) is 8.78 Å². The van der Waals surface area contributed by atoms with Gasteiger partial charge in [0.2, 0.25) is 17.6 Å². The molecule has 0 unspecified atom stereocenters. The summed E-state index contributed by atoms with van der Waals surface area (Å²) >= 11 is 1.59. The minimum absolute atomic E-state index is 0.227. The zero-order valence-electron chi connectivity index (χ0n) is 13.2. The third-order valence-electron chi connectivity index (χ3n) is 3.00. The van der Waals surface area contributed by atoms with Crippen LogP contribution >= 0.6 is 11.3 Å². The summed E-state index contributed by atoms with van der Waals surface area (Å²) in [6.45, 7) is -0.656. The fraction of sp³-hybridized carbons (Fsp3) is 0.176. The first-order chi connectivity index (χ1) is 12.1. The Balaban J connectivity index is 1.71. The van der Waals surface area contributed by atoms with Crippen LogP contribution in [0.15, 0.2) is 48.0 Å². The molecule has 0 saturated carbocycles. The first-order valence-electron chi connectivity index (χ1n) is 7.31. The molecule has 3 rings (SSSR count). The summed E-state index contributed by atoms with van der Waals surface area (Å²) in [6, 6.07) is 10.2. The molecule has 0 atom stereocenters. The first kappa shape index (κ1) is 17.1. The standard InChI is InChI=1S/C17H14F2N2O3S/c1-11-7-15(22-10-13-3-2-6-25-13)21-16(8-11)23-12-4-5-20-14(9-12)24-17(18)19/h2-9,17H,10H2,1H3. The normalized spacial score (nSPS) is 10.7. The highest BCUT2D eigenvalue weighted by Crippen LogP contribution is 2.26. The molecule has 0 aromatic carbocycles. The minimum atomic E-state index is -2.95. The summed E-state index contributed by atoms with van der Waals surface area (Å²) in [7, 11) is 0. The maximum absolute atomic E-state index is 12.3. The molecule has 3 heterocycles. The van der Waals surface area contributed by atoms with Crippen LogP contribution in [0.3, 0.4) is 0 Å². The minimum Gasteiger partial charge on any atom is -0.472 e. The molecule has 0 saturated heterocycles. The molecule has 0 N–H and O–H groups in total. The predicted molar refractivity (Wildman–Crippen MR) is 88.6 cm³/mol. The number of aromatic nitrogens is 2. The molecule has 8 heteroatoms. The van der Waals surface area contributed by atoms with E-state index in [1.54, 1.807) is 23.5 Å². The lowest BCUT2D eigenvalue weighted by Crippen LogP contribution is -2.03. The van der Waals surface area contributed by atoms with Gasteiger partial charge < -0.3 is 14.2 Å². The quantitative estimate of drug-likeness (QED) is 0.602. The molecule has 130 valence electrons. The summed E-state index contributed by atoms with van der Waals surface area (Å²) in [5, 5.41) is 1.97. The lowest BCUT2D eigenvalue weighted by molar-refractivity contribution is -0.0529. The fourth-order valence-electron chi connectivity index (χ4n) is 2.00.